The zero-order valence-corrected chi connectivity index (χ0v) is 8.74. The van der Waals surface area contributed by atoms with Crippen LogP contribution < -0.4 is 5.14 Å². The summed E-state index contributed by atoms with van der Waals surface area (Å²) in [6.45, 7) is 0. The fourth-order valence-corrected chi connectivity index (χ4v) is 2.05. The molecule has 5 heteroatoms. The summed E-state index contributed by atoms with van der Waals surface area (Å²) in [5.74, 6) is -0.176. The lowest BCUT2D eigenvalue weighted by Gasteiger charge is -2.01. The molecule has 4 nitrogen and oxygen atoms in total. The number of para-hydroxylation sites is 1. The first-order valence-corrected chi connectivity index (χ1v) is 6.10. The summed E-state index contributed by atoms with van der Waals surface area (Å²) in [5, 5.41) is 5.87. The highest BCUT2D eigenvalue weighted by molar-refractivity contribution is 7.88. The number of primary sulfonamides is 1. The van der Waals surface area contributed by atoms with Gasteiger partial charge in [0.05, 0.1) is 11.3 Å². The maximum atomic E-state index is 10.9. The molecule has 2 aromatic rings. The number of fused-ring (bicyclic) bond motifs is 1. The van der Waals surface area contributed by atoms with Gasteiger partial charge in [-0.2, -0.15) is 0 Å². The van der Waals surface area contributed by atoms with Crippen molar-refractivity contribution in [2.24, 2.45) is 5.14 Å². The van der Waals surface area contributed by atoms with Crippen LogP contribution in [0.2, 0.25) is 0 Å². The minimum absolute atomic E-state index is 0.176. The lowest BCUT2D eigenvalue weighted by atomic mass is 10.2. The van der Waals surface area contributed by atoms with E-state index in [1.165, 1.54) is 6.20 Å². The average Bonchev–Trinajstić information content (AvgIpc) is 2.15. The number of aromatic nitrogens is 1. The van der Waals surface area contributed by atoms with Gasteiger partial charge in [0.15, 0.2) is 0 Å². The highest BCUT2D eigenvalue weighted by Gasteiger charge is 2.05. The van der Waals surface area contributed by atoms with Crippen LogP contribution in [0.25, 0.3) is 10.9 Å². The number of rotatable bonds is 2. The molecule has 2 rings (SSSR count). The van der Waals surface area contributed by atoms with Crippen LogP contribution in [0, 0.1) is 0 Å². The molecule has 1 aromatic heterocycles. The molecule has 78 valence electrons. The fourth-order valence-electron chi connectivity index (χ4n) is 1.43. The van der Waals surface area contributed by atoms with Crippen molar-refractivity contribution < 1.29 is 8.42 Å². The Balaban J connectivity index is 2.48. The van der Waals surface area contributed by atoms with Crippen LogP contribution in [0.4, 0.5) is 0 Å². The maximum absolute atomic E-state index is 10.9. The van der Waals surface area contributed by atoms with Crippen molar-refractivity contribution in [3.05, 3.63) is 42.1 Å². The van der Waals surface area contributed by atoms with Crippen LogP contribution >= 0.6 is 0 Å². The van der Waals surface area contributed by atoms with Crippen molar-refractivity contribution in [2.45, 2.75) is 5.75 Å². The number of benzene rings is 1. The van der Waals surface area contributed by atoms with Gasteiger partial charge < -0.3 is 0 Å². The Morgan fingerprint density at radius 3 is 2.73 bits per heavy atom. The number of hydrogen-bond donors (Lipinski definition) is 1. The molecule has 0 atom stereocenters. The monoisotopic (exact) mass is 222 g/mol. The van der Waals surface area contributed by atoms with Crippen LogP contribution in [0.3, 0.4) is 0 Å². The molecule has 0 aliphatic heterocycles. The fraction of sp³-hybridized carbons (Fsp3) is 0.100. The number of pyridine rings is 1. The highest BCUT2D eigenvalue weighted by atomic mass is 32.2. The van der Waals surface area contributed by atoms with Crippen molar-refractivity contribution in [2.75, 3.05) is 0 Å². The molecule has 0 unspecified atom stereocenters. The van der Waals surface area contributed by atoms with E-state index in [4.69, 9.17) is 5.14 Å². The minimum Gasteiger partial charge on any atom is -0.256 e. The smallest absolute Gasteiger partial charge is 0.213 e. The Hall–Kier alpha value is -1.46. The van der Waals surface area contributed by atoms with E-state index in [2.05, 4.69) is 4.98 Å². The topological polar surface area (TPSA) is 73.1 Å². The molecule has 1 aromatic carbocycles. The summed E-state index contributed by atoms with van der Waals surface area (Å²) in [7, 11) is -3.49. The molecular formula is C10H10N2O2S. The summed E-state index contributed by atoms with van der Waals surface area (Å²) < 4.78 is 21.8. The molecule has 0 saturated carbocycles. The first kappa shape index (κ1) is 10.1. The minimum atomic E-state index is -3.49. The van der Waals surface area contributed by atoms with E-state index in [-0.39, 0.29) is 5.75 Å². The molecule has 2 N–H and O–H groups in total. The van der Waals surface area contributed by atoms with Crippen molar-refractivity contribution in [3.8, 4) is 0 Å². The normalized spacial score (nSPS) is 11.8. The number of nitrogens with zero attached hydrogens (tertiary/aromatic N) is 1. The molecule has 0 spiro atoms. The zero-order valence-electron chi connectivity index (χ0n) is 7.92. The van der Waals surface area contributed by atoms with E-state index < -0.39 is 10.0 Å². The van der Waals surface area contributed by atoms with Gasteiger partial charge in [-0.3, -0.25) is 4.98 Å². The lowest BCUT2D eigenvalue weighted by molar-refractivity contribution is 0.597. The Kier molecular flexibility index (Phi) is 2.42. The van der Waals surface area contributed by atoms with Gasteiger partial charge >= 0.3 is 0 Å². The van der Waals surface area contributed by atoms with Crippen molar-refractivity contribution in [3.63, 3.8) is 0 Å². The van der Waals surface area contributed by atoms with E-state index in [9.17, 15) is 8.42 Å². The van der Waals surface area contributed by atoms with E-state index in [0.29, 0.717) is 5.56 Å². The second-order valence-electron chi connectivity index (χ2n) is 3.34. The van der Waals surface area contributed by atoms with Crippen LogP contribution in [-0.2, 0) is 15.8 Å². The third-order valence-electron chi connectivity index (χ3n) is 2.01. The molecule has 0 aliphatic carbocycles. The van der Waals surface area contributed by atoms with Gasteiger partial charge in [0.2, 0.25) is 10.0 Å². The average molecular weight is 222 g/mol. The third kappa shape index (κ3) is 2.51. The van der Waals surface area contributed by atoms with Gasteiger partial charge in [0.1, 0.15) is 0 Å². The first-order valence-electron chi connectivity index (χ1n) is 4.39. The Bertz CT molecular complexity index is 593. The highest BCUT2D eigenvalue weighted by Crippen LogP contribution is 2.13. The SMILES string of the molecule is NS(=O)(=O)Cc1cnc2ccccc2c1. The standard InChI is InChI=1S/C10H10N2O2S/c11-15(13,14)7-8-5-9-3-1-2-4-10(9)12-6-8/h1-6H,7H2,(H2,11,13,14). The molecule has 1 heterocycles. The Labute approximate surface area is 87.8 Å². The zero-order chi connectivity index (χ0) is 10.9. The molecule has 15 heavy (non-hydrogen) atoms. The summed E-state index contributed by atoms with van der Waals surface area (Å²) in [6.07, 6.45) is 1.53. The number of hydrogen-bond acceptors (Lipinski definition) is 3. The number of sulfonamides is 1. The molecule has 0 bridgehead atoms. The largest absolute Gasteiger partial charge is 0.256 e. The molecule has 0 saturated heterocycles. The van der Waals surface area contributed by atoms with E-state index >= 15 is 0 Å². The second-order valence-corrected chi connectivity index (χ2v) is 4.96. The van der Waals surface area contributed by atoms with Gasteiger partial charge in [0, 0.05) is 11.6 Å². The lowest BCUT2D eigenvalue weighted by Crippen LogP contribution is -2.14. The maximum Gasteiger partial charge on any atom is 0.213 e. The molecule has 0 fully saturated rings. The van der Waals surface area contributed by atoms with Gasteiger partial charge in [-0.15, -0.1) is 0 Å². The quantitative estimate of drug-likeness (QED) is 0.824. The summed E-state index contributed by atoms with van der Waals surface area (Å²) in [4.78, 5) is 4.15. The second kappa shape index (κ2) is 3.60. The summed E-state index contributed by atoms with van der Waals surface area (Å²) in [5.41, 5.74) is 1.45. The van der Waals surface area contributed by atoms with Gasteiger partial charge in [-0.1, -0.05) is 18.2 Å². The van der Waals surface area contributed by atoms with Gasteiger partial charge in [0.25, 0.3) is 0 Å². The molecule has 0 aliphatic rings. The summed E-state index contributed by atoms with van der Waals surface area (Å²) in [6, 6.07) is 9.30. The van der Waals surface area contributed by atoms with Crippen LogP contribution in [0.15, 0.2) is 36.5 Å². The predicted octanol–water partition coefficient (Wildman–Crippen LogP) is 1.02. The first-order chi connectivity index (χ1) is 7.04. The summed E-state index contributed by atoms with van der Waals surface area (Å²) >= 11 is 0. The van der Waals surface area contributed by atoms with E-state index in [0.717, 1.165) is 10.9 Å². The third-order valence-corrected chi connectivity index (χ3v) is 2.75. The number of nitrogens with two attached hydrogens (primary N) is 1. The van der Waals surface area contributed by atoms with Crippen molar-refractivity contribution in [1.29, 1.82) is 0 Å². The van der Waals surface area contributed by atoms with Gasteiger partial charge in [-0.25, -0.2) is 13.6 Å². The van der Waals surface area contributed by atoms with Crippen LogP contribution in [0.1, 0.15) is 5.56 Å². The molecule has 0 amide bonds. The van der Waals surface area contributed by atoms with Crippen LogP contribution in [-0.4, -0.2) is 13.4 Å². The molecule has 0 radical (unpaired) electrons. The molecular weight excluding hydrogens is 212 g/mol. The van der Waals surface area contributed by atoms with Crippen LogP contribution in [0.5, 0.6) is 0 Å². The van der Waals surface area contributed by atoms with E-state index in [1.54, 1.807) is 6.07 Å². The van der Waals surface area contributed by atoms with E-state index in [1.807, 2.05) is 24.3 Å². The predicted molar refractivity (Wildman–Crippen MR) is 58.6 cm³/mol. The Morgan fingerprint density at radius 2 is 2.00 bits per heavy atom. The van der Waals surface area contributed by atoms with Crippen molar-refractivity contribution >= 4 is 20.9 Å². The van der Waals surface area contributed by atoms with Gasteiger partial charge in [-0.05, 0) is 17.7 Å². The Morgan fingerprint density at radius 1 is 1.27 bits per heavy atom. The van der Waals surface area contributed by atoms with Crippen molar-refractivity contribution in [1.82, 2.24) is 4.98 Å².